The van der Waals surface area contributed by atoms with Crippen molar-refractivity contribution in [2.45, 2.75) is 31.7 Å². The zero-order valence-electron chi connectivity index (χ0n) is 10.3. The van der Waals surface area contributed by atoms with E-state index in [-0.39, 0.29) is 23.3 Å². The van der Waals surface area contributed by atoms with Crippen LogP contribution >= 0.6 is 0 Å². The molecule has 1 fully saturated rings. The molecule has 5 heteroatoms. The van der Waals surface area contributed by atoms with Crippen LogP contribution in [0.1, 0.15) is 36.0 Å². The zero-order chi connectivity index (χ0) is 13.1. The second-order valence-electron chi connectivity index (χ2n) is 4.65. The van der Waals surface area contributed by atoms with Gasteiger partial charge in [0.25, 0.3) is 11.5 Å². The van der Waals surface area contributed by atoms with Gasteiger partial charge >= 0.3 is 0 Å². The summed E-state index contributed by atoms with van der Waals surface area (Å²) in [5.74, 6) is 0.0149. The van der Waals surface area contributed by atoms with Gasteiger partial charge in [-0.1, -0.05) is 0 Å². The molecular formula is C13H16N2O3. The van der Waals surface area contributed by atoms with Crippen LogP contribution < -0.4 is 10.9 Å². The molecule has 96 valence electrons. The lowest BCUT2D eigenvalue weighted by molar-refractivity contribution is -0.120. The van der Waals surface area contributed by atoms with Gasteiger partial charge in [0.2, 0.25) is 0 Å². The van der Waals surface area contributed by atoms with Crippen molar-refractivity contribution in [2.75, 3.05) is 0 Å². The Labute approximate surface area is 105 Å². The molecule has 1 aromatic heterocycles. The molecule has 0 unspecified atom stereocenters. The van der Waals surface area contributed by atoms with Crippen molar-refractivity contribution in [3.8, 4) is 0 Å². The Morgan fingerprint density at radius 2 is 2.00 bits per heavy atom. The highest BCUT2D eigenvalue weighted by molar-refractivity contribution is 5.94. The minimum absolute atomic E-state index is 0.0410. The molecule has 0 radical (unpaired) electrons. The summed E-state index contributed by atoms with van der Waals surface area (Å²) < 4.78 is 1.41. The first-order valence-electron chi connectivity index (χ1n) is 6.05. The highest BCUT2D eigenvalue weighted by atomic mass is 16.2. The lowest BCUT2D eigenvalue weighted by Crippen LogP contribution is -2.38. The maximum absolute atomic E-state index is 11.9. The molecule has 0 saturated heterocycles. The first-order chi connectivity index (χ1) is 8.56. The summed E-state index contributed by atoms with van der Waals surface area (Å²) in [6.07, 6.45) is 4.01. The molecule has 0 atom stereocenters. The third-order valence-corrected chi connectivity index (χ3v) is 3.24. The molecule has 1 aliphatic carbocycles. The zero-order valence-corrected chi connectivity index (χ0v) is 10.3. The lowest BCUT2D eigenvalue weighted by Gasteiger charge is -2.22. The van der Waals surface area contributed by atoms with Crippen LogP contribution in [-0.4, -0.2) is 22.3 Å². The Hall–Kier alpha value is -1.91. The van der Waals surface area contributed by atoms with Crippen LogP contribution in [0.15, 0.2) is 23.1 Å². The van der Waals surface area contributed by atoms with E-state index in [0.29, 0.717) is 31.2 Å². The molecule has 0 bridgehead atoms. The summed E-state index contributed by atoms with van der Waals surface area (Å²) in [6, 6.07) is 2.98. The van der Waals surface area contributed by atoms with Gasteiger partial charge in [0.05, 0.1) is 0 Å². The summed E-state index contributed by atoms with van der Waals surface area (Å²) in [5, 5.41) is 2.86. The van der Waals surface area contributed by atoms with E-state index in [4.69, 9.17) is 0 Å². The van der Waals surface area contributed by atoms with E-state index in [0.717, 1.165) is 0 Å². The monoisotopic (exact) mass is 248 g/mol. The standard InChI is InChI=1S/C13H16N2O3/c1-15-7-6-9(8-12(15)17)13(18)14-10-2-4-11(16)5-3-10/h6-8,10H,2-5H2,1H3,(H,14,18). The fourth-order valence-electron chi connectivity index (χ4n) is 2.04. The van der Waals surface area contributed by atoms with Crippen molar-refractivity contribution in [2.24, 2.45) is 7.05 Å². The van der Waals surface area contributed by atoms with E-state index in [1.165, 1.54) is 10.6 Å². The topological polar surface area (TPSA) is 68.2 Å². The smallest absolute Gasteiger partial charge is 0.251 e. The Kier molecular flexibility index (Phi) is 3.60. The number of aryl methyl sites for hydroxylation is 1. The third-order valence-electron chi connectivity index (χ3n) is 3.24. The molecule has 1 aromatic rings. The summed E-state index contributed by atoms with van der Waals surface area (Å²) in [4.78, 5) is 34.4. The molecular weight excluding hydrogens is 232 g/mol. The number of rotatable bonds is 2. The highest BCUT2D eigenvalue weighted by Gasteiger charge is 2.20. The van der Waals surface area contributed by atoms with Crippen LogP contribution in [0.2, 0.25) is 0 Å². The molecule has 1 N–H and O–H groups in total. The molecule has 1 saturated carbocycles. The van der Waals surface area contributed by atoms with E-state index >= 15 is 0 Å². The summed E-state index contributed by atoms with van der Waals surface area (Å²) in [5.41, 5.74) is 0.163. The minimum Gasteiger partial charge on any atom is -0.349 e. The van der Waals surface area contributed by atoms with Gasteiger partial charge in [0.15, 0.2) is 0 Å². The number of hydrogen-bond acceptors (Lipinski definition) is 3. The maximum Gasteiger partial charge on any atom is 0.251 e. The van der Waals surface area contributed by atoms with E-state index in [2.05, 4.69) is 5.32 Å². The number of aromatic nitrogens is 1. The van der Waals surface area contributed by atoms with Crippen molar-refractivity contribution >= 4 is 11.7 Å². The van der Waals surface area contributed by atoms with Crippen LogP contribution in [0, 0.1) is 0 Å². The van der Waals surface area contributed by atoms with Gasteiger partial charge in [0, 0.05) is 43.8 Å². The number of nitrogens with zero attached hydrogens (tertiary/aromatic N) is 1. The van der Waals surface area contributed by atoms with Gasteiger partial charge in [-0.2, -0.15) is 0 Å². The number of hydrogen-bond donors (Lipinski definition) is 1. The van der Waals surface area contributed by atoms with Crippen molar-refractivity contribution in [1.82, 2.24) is 9.88 Å². The first kappa shape index (κ1) is 12.5. The van der Waals surface area contributed by atoms with E-state index in [9.17, 15) is 14.4 Å². The number of ketones is 1. The van der Waals surface area contributed by atoms with E-state index in [1.54, 1.807) is 19.3 Å². The third kappa shape index (κ3) is 2.85. The second kappa shape index (κ2) is 5.16. The van der Waals surface area contributed by atoms with Crippen molar-refractivity contribution in [3.63, 3.8) is 0 Å². The molecule has 1 amide bonds. The molecule has 2 rings (SSSR count). The molecule has 0 spiro atoms. The number of carbonyl (C=O) groups excluding carboxylic acids is 2. The van der Waals surface area contributed by atoms with Crippen molar-refractivity contribution in [3.05, 3.63) is 34.2 Å². The predicted molar refractivity (Wildman–Crippen MR) is 66.4 cm³/mol. The van der Waals surface area contributed by atoms with Gasteiger partial charge in [-0.25, -0.2) is 0 Å². The van der Waals surface area contributed by atoms with Crippen LogP contribution in [-0.2, 0) is 11.8 Å². The van der Waals surface area contributed by atoms with Gasteiger partial charge in [-0.3, -0.25) is 14.4 Å². The summed E-state index contributed by atoms with van der Waals surface area (Å²) >= 11 is 0. The average molecular weight is 248 g/mol. The van der Waals surface area contributed by atoms with Crippen LogP contribution in [0.5, 0.6) is 0 Å². The minimum atomic E-state index is -0.243. The van der Waals surface area contributed by atoms with Gasteiger partial charge in [-0.05, 0) is 18.9 Å². The summed E-state index contributed by atoms with van der Waals surface area (Å²) in [7, 11) is 1.64. The molecule has 0 aliphatic heterocycles. The number of carbonyl (C=O) groups is 2. The lowest BCUT2D eigenvalue weighted by atomic mass is 9.94. The first-order valence-corrected chi connectivity index (χ1v) is 6.05. The quantitative estimate of drug-likeness (QED) is 0.834. The summed E-state index contributed by atoms with van der Waals surface area (Å²) in [6.45, 7) is 0. The Morgan fingerprint density at radius 1 is 1.33 bits per heavy atom. The molecule has 5 nitrogen and oxygen atoms in total. The Morgan fingerprint density at radius 3 is 2.61 bits per heavy atom. The van der Waals surface area contributed by atoms with Crippen LogP contribution in [0.25, 0.3) is 0 Å². The predicted octanol–water partition coefficient (Wildman–Crippen LogP) is 0.627. The van der Waals surface area contributed by atoms with E-state index in [1.807, 2.05) is 0 Å². The van der Waals surface area contributed by atoms with Gasteiger partial charge in [0.1, 0.15) is 5.78 Å². The normalized spacial score (nSPS) is 16.6. The molecule has 18 heavy (non-hydrogen) atoms. The largest absolute Gasteiger partial charge is 0.349 e. The number of nitrogens with one attached hydrogen (secondary N) is 1. The molecule has 0 aromatic carbocycles. The van der Waals surface area contributed by atoms with E-state index < -0.39 is 0 Å². The average Bonchev–Trinajstić information content (AvgIpc) is 2.35. The molecule has 1 heterocycles. The highest BCUT2D eigenvalue weighted by Crippen LogP contribution is 2.15. The van der Waals surface area contributed by atoms with Crippen LogP contribution in [0.3, 0.4) is 0 Å². The fourth-order valence-corrected chi connectivity index (χ4v) is 2.04. The van der Waals surface area contributed by atoms with Crippen molar-refractivity contribution in [1.29, 1.82) is 0 Å². The van der Waals surface area contributed by atoms with Crippen molar-refractivity contribution < 1.29 is 9.59 Å². The number of amides is 1. The number of Topliss-reactive ketones (excluding diaryl/α,β-unsaturated/α-hetero) is 1. The SMILES string of the molecule is Cn1ccc(C(=O)NC2CCC(=O)CC2)cc1=O. The Balaban J connectivity index is 2.01. The van der Waals surface area contributed by atoms with Gasteiger partial charge < -0.3 is 9.88 Å². The maximum atomic E-state index is 11.9. The second-order valence-corrected chi connectivity index (χ2v) is 4.65. The number of pyridine rings is 1. The molecule has 1 aliphatic rings. The fraction of sp³-hybridized carbons (Fsp3) is 0.462. The Bertz CT molecular complexity index is 523. The van der Waals surface area contributed by atoms with Gasteiger partial charge in [-0.15, -0.1) is 0 Å². The van der Waals surface area contributed by atoms with Crippen LogP contribution in [0.4, 0.5) is 0 Å².